The number of benzene rings is 2. The van der Waals surface area contributed by atoms with E-state index >= 15 is 0 Å². The Balaban J connectivity index is 1.92. The predicted octanol–water partition coefficient (Wildman–Crippen LogP) is 3.78. The van der Waals surface area contributed by atoms with E-state index in [1.807, 2.05) is 30.3 Å². The summed E-state index contributed by atoms with van der Waals surface area (Å²) in [4.78, 5) is 11.0. The molecular weight excluding hydrogens is 270 g/mol. The highest BCUT2D eigenvalue weighted by atomic mass is 35.5. The summed E-state index contributed by atoms with van der Waals surface area (Å²) in [5.41, 5.74) is 3.38. The lowest BCUT2D eigenvalue weighted by Gasteiger charge is -2.19. The van der Waals surface area contributed by atoms with Crippen molar-refractivity contribution in [3.63, 3.8) is 0 Å². The summed E-state index contributed by atoms with van der Waals surface area (Å²) in [6, 6.07) is 14.9. The van der Waals surface area contributed by atoms with Gasteiger partial charge in [0.2, 0.25) is 0 Å². The summed E-state index contributed by atoms with van der Waals surface area (Å²) in [5, 5.41) is 1.77. The van der Waals surface area contributed by atoms with Crippen molar-refractivity contribution in [2.24, 2.45) is 0 Å². The van der Waals surface area contributed by atoms with Crippen LogP contribution in [0.3, 0.4) is 0 Å². The lowest BCUT2D eigenvalue weighted by molar-refractivity contribution is 0.975. The van der Waals surface area contributed by atoms with Crippen molar-refractivity contribution in [2.45, 2.75) is 6.42 Å². The van der Waals surface area contributed by atoms with Gasteiger partial charge in [0.25, 0.3) is 0 Å². The second kappa shape index (κ2) is 4.46. The smallest absolute Gasteiger partial charge is 0.144 e. The first-order valence-corrected chi connectivity index (χ1v) is 6.87. The van der Waals surface area contributed by atoms with Gasteiger partial charge in [-0.25, -0.2) is 9.97 Å². The summed E-state index contributed by atoms with van der Waals surface area (Å²) >= 11 is 6.13. The lowest BCUT2D eigenvalue weighted by atomic mass is 10.2. The molecule has 2 aromatic carbocycles. The van der Waals surface area contributed by atoms with E-state index < -0.39 is 0 Å². The maximum absolute atomic E-state index is 6.13. The van der Waals surface area contributed by atoms with E-state index in [0.29, 0.717) is 0 Å². The van der Waals surface area contributed by atoms with Crippen LogP contribution in [0, 0.1) is 6.07 Å². The molecule has 0 fully saturated rings. The minimum atomic E-state index is 0.751. The van der Waals surface area contributed by atoms with E-state index in [4.69, 9.17) is 11.6 Å². The van der Waals surface area contributed by atoms with Crippen LogP contribution in [0.15, 0.2) is 42.7 Å². The first-order chi connectivity index (χ1) is 9.83. The summed E-state index contributed by atoms with van der Waals surface area (Å²) < 4.78 is 0. The molecular formula is C16H11ClN3. The van der Waals surface area contributed by atoms with Gasteiger partial charge in [-0.2, -0.15) is 0 Å². The first kappa shape index (κ1) is 11.7. The summed E-state index contributed by atoms with van der Waals surface area (Å²) in [5.74, 6) is 0.924. The summed E-state index contributed by atoms with van der Waals surface area (Å²) in [6.45, 7) is 0.913. The Morgan fingerprint density at radius 2 is 2.15 bits per heavy atom. The van der Waals surface area contributed by atoms with Gasteiger partial charge in [0.15, 0.2) is 0 Å². The number of hydrogen-bond acceptors (Lipinski definition) is 3. The number of fused-ring (bicyclic) bond motifs is 2. The topological polar surface area (TPSA) is 29.0 Å². The monoisotopic (exact) mass is 280 g/mol. The number of halogens is 1. The third-order valence-corrected chi connectivity index (χ3v) is 3.89. The molecule has 0 aliphatic carbocycles. The molecule has 4 heteroatoms. The Morgan fingerprint density at radius 3 is 3.10 bits per heavy atom. The Kier molecular flexibility index (Phi) is 2.60. The van der Waals surface area contributed by atoms with Crippen LogP contribution in [-0.4, -0.2) is 16.5 Å². The molecule has 20 heavy (non-hydrogen) atoms. The zero-order chi connectivity index (χ0) is 13.5. The molecule has 1 aromatic heterocycles. The Bertz CT molecular complexity index is 795. The maximum Gasteiger partial charge on any atom is 0.144 e. The molecule has 4 rings (SSSR count). The highest BCUT2D eigenvalue weighted by molar-refractivity contribution is 6.31. The normalized spacial score (nSPS) is 13.8. The first-order valence-electron chi connectivity index (χ1n) is 6.50. The molecule has 2 heterocycles. The molecule has 3 aromatic rings. The summed E-state index contributed by atoms with van der Waals surface area (Å²) in [6.07, 6.45) is 2.62. The molecule has 0 saturated heterocycles. The van der Waals surface area contributed by atoms with Crippen molar-refractivity contribution < 1.29 is 0 Å². The Labute approximate surface area is 121 Å². The minimum absolute atomic E-state index is 0.751. The molecule has 0 unspecified atom stereocenters. The van der Waals surface area contributed by atoms with Gasteiger partial charge in [-0.15, -0.1) is 0 Å². The van der Waals surface area contributed by atoms with Crippen molar-refractivity contribution in [3.8, 4) is 0 Å². The molecule has 0 N–H and O–H groups in total. The fourth-order valence-electron chi connectivity index (χ4n) is 2.72. The standard InChI is InChI=1S/C16H11ClN3/c17-12-6-5-11-7-8-20(15(11)9-12)16-13-3-1-2-4-14(13)18-10-19-16/h2-6,9-10H,7-8H2. The number of hydrogen-bond donors (Lipinski definition) is 0. The SMILES string of the molecule is Clc1ccc2c(c1)N(c1ncnc3cc[c]cc13)CC2. The van der Waals surface area contributed by atoms with Crippen LogP contribution in [0.2, 0.25) is 5.02 Å². The van der Waals surface area contributed by atoms with Crippen molar-refractivity contribution in [3.05, 3.63) is 59.4 Å². The molecule has 1 radical (unpaired) electrons. The van der Waals surface area contributed by atoms with Crippen LogP contribution < -0.4 is 4.90 Å². The molecule has 0 atom stereocenters. The fraction of sp³-hybridized carbons (Fsp3) is 0.125. The minimum Gasteiger partial charge on any atom is -0.325 e. The van der Waals surface area contributed by atoms with Gasteiger partial charge in [-0.05, 0) is 42.3 Å². The van der Waals surface area contributed by atoms with Crippen LogP contribution in [0.4, 0.5) is 11.5 Å². The average Bonchev–Trinajstić information content (AvgIpc) is 2.89. The van der Waals surface area contributed by atoms with Gasteiger partial charge in [0.1, 0.15) is 12.1 Å². The molecule has 0 spiro atoms. The number of anilines is 2. The van der Waals surface area contributed by atoms with E-state index in [1.54, 1.807) is 6.33 Å². The molecule has 0 saturated carbocycles. The molecule has 0 bridgehead atoms. The van der Waals surface area contributed by atoms with Gasteiger partial charge >= 0.3 is 0 Å². The van der Waals surface area contributed by atoms with Crippen LogP contribution in [0.25, 0.3) is 10.9 Å². The van der Waals surface area contributed by atoms with E-state index in [0.717, 1.165) is 40.4 Å². The highest BCUT2D eigenvalue weighted by Crippen LogP contribution is 2.37. The average molecular weight is 281 g/mol. The maximum atomic E-state index is 6.13. The third-order valence-electron chi connectivity index (χ3n) is 3.66. The summed E-state index contributed by atoms with van der Waals surface area (Å²) in [7, 11) is 0. The van der Waals surface area contributed by atoms with Crippen molar-refractivity contribution in [1.82, 2.24) is 9.97 Å². The van der Waals surface area contributed by atoms with E-state index in [-0.39, 0.29) is 0 Å². The molecule has 1 aliphatic rings. The van der Waals surface area contributed by atoms with E-state index in [2.05, 4.69) is 27.0 Å². The van der Waals surface area contributed by atoms with Crippen LogP contribution >= 0.6 is 11.6 Å². The predicted molar refractivity (Wildman–Crippen MR) is 80.5 cm³/mol. The van der Waals surface area contributed by atoms with Crippen LogP contribution in [0.1, 0.15) is 5.56 Å². The Hall–Kier alpha value is -2.13. The highest BCUT2D eigenvalue weighted by Gasteiger charge is 2.23. The van der Waals surface area contributed by atoms with E-state index in [9.17, 15) is 0 Å². The van der Waals surface area contributed by atoms with Gasteiger partial charge in [-0.3, -0.25) is 0 Å². The van der Waals surface area contributed by atoms with E-state index in [1.165, 1.54) is 5.56 Å². The van der Waals surface area contributed by atoms with Gasteiger partial charge in [-0.1, -0.05) is 23.7 Å². The zero-order valence-electron chi connectivity index (χ0n) is 10.7. The molecule has 1 aliphatic heterocycles. The second-order valence-electron chi connectivity index (χ2n) is 4.82. The van der Waals surface area contributed by atoms with Crippen LogP contribution in [0.5, 0.6) is 0 Å². The molecule has 0 amide bonds. The van der Waals surface area contributed by atoms with Crippen LogP contribution in [-0.2, 0) is 6.42 Å². The number of rotatable bonds is 1. The van der Waals surface area contributed by atoms with Gasteiger partial charge < -0.3 is 4.90 Å². The Morgan fingerprint density at radius 1 is 1.20 bits per heavy atom. The zero-order valence-corrected chi connectivity index (χ0v) is 11.4. The van der Waals surface area contributed by atoms with Crippen molar-refractivity contribution >= 4 is 34.0 Å². The molecule has 3 nitrogen and oxygen atoms in total. The fourth-order valence-corrected chi connectivity index (χ4v) is 2.88. The van der Waals surface area contributed by atoms with Gasteiger partial charge in [0.05, 0.1) is 5.52 Å². The number of nitrogens with zero attached hydrogens (tertiary/aromatic N) is 3. The quantitative estimate of drug-likeness (QED) is 0.679. The lowest BCUT2D eigenvalue weighted by Crippen LogP contribution is -2.15. The van der Waals surface area contributed by atoms with Crippen molar-refractivity contribution in [2.75, 3.05) is 11.4 Å². The molecule has 97 valence electrons. The van der Waals surface area contributed by atoms with Gasteiger partial charge in [0, 0.05) is 22.6 Å². The second-order valence-corrected chi connectivity index (χ2v) is 5.25. The number of aromatic nitrogens is 2. The largest absolute Gasteiger partial charge is 0.325 e. The van der Waals surface area contributed by atoms with Crippen molar-refractivity contribution in [1.29, 1.82) is 0 Å². The third kappa shape index (κ3) is 1.74.